The minimum atomic E-state index is -1.14. The molecule has 1 aromatic heterocycles. The molecular formula is C20H25N5O5S. The van der Waals surface area contributed by atoms with Gasteiger partial charge in [0, 0.05) is 39.7 Å². The van der Waals surface area contributed by atoms with E-state index in [0.29, 0.717) is 34.2 Å². The van der Waals surface area contributed by atoms with Crippen LogP contribution in [0.2, 0.25) is 0 Å². The van der Waals surface area contributed by atoms with Crippen LogP contribution in [0, 0.1) is 0 Å². The molecule has 0 saturated carbocycles. The Kier molecular flexibility index (Phi) is 8.50. The van der Waals surface area contributed by atoms with Crippen molar-refractivity contribution in [1.29, 1.82) is 0 Å². The Labute approximate surface area is 183 Å². The Balaban J connectivity index is 2.07. The zero-order valence-corrected chi connectivity index (χ0v) is 18.3. The fourth-order valence-corrected chi connectivity index (χ4v) is 3.60. The molecule has 0 unspecified atom stereocenters. The molecule has 0 aliphatic carbocycles. The third kappa shape index (κ3) is 7.70. The summed E-state index contributed by atoms with van der Waals surface area (Å²) >= 11 is 1.08. The second kappa shape index (κ2) is 11.1. The summed E-state index contributed by atoms with van der Waals surface area (Å²) in [6.45, 7) is 1.56. The van der Waals surface area contributed by atoms with Gasteiger partial charge in [-0.2, -0.15) is 0 Å². The first kappa shape index (κ1) is 23.8. The largest absolute Gasteiger partial charge is 0.465 e. The van der Waals surface area contributed by atoms with Gasteiger partial charge in [0.2, 0.25) is 11.8 Å². The molecule has 166 valence electrons. The maximum Gasteiger partial charge on any atom is 0.409 e. The molecule has 0 spiro atoms. The average Bonchev–Trinajstić information content (AvgIpc) is 3.08. The molecule has 4 N–H and O–H groups in total. The smallest absolute Gasteiger partial charge is 0.409 e. The summed E-state index contributed by atoms with van der Waals surface area (Å²) in [5.74, 6) is -0.730. The van der Waals surface area contributed by atoms with Crippen molar-refractivity contribution in [2.45, 2.75) is 26.2 Å². The molecule has 0 aliphatic rings. The van der Waals surface area contributed by atoms with Gasteiger partial charge in [0.25, 0.3) is 5.91 Å². The highest BCUT2D eigenvalue weighted by molar-refractivity contribution is 7.17. The molecular weight excluding hydrogens is 422 g/mol. The highest BCUT2D eigenvalue weighted by atomic mass is 32.1. The van der Waals surface area contributed by atoms with Crippen molar-refractivity contribution in [3.8, 4) is 0 Å². The fourth-order valence-electron chi connectivity index (χ4n) is 2.63. The standard InChI is InChI=1S/C20H25N5O5S/c1-12(26)22-19-24-15(9-6-13-4-7-14(8-5-13)23-20(29)30)17(31-19)18(28)21-11-10-16(27)25(2)3/h4-5,7-8,23H,6,9-11H2,1-3H3,(H,21,28)(H,29,30)(H,22,24,26). The molecule has 0 radical (unpaired) electrons. The van der Waals surface area contributed by atoms with E-state index in [2.05, 4.69) is 20.9 Å². The van der Waals surface area contributed by atoms with E-state index in [-0.39, 0.29) is 30.7 Å². The van der Waals surface area contributed by atoms with Gasteiger partial charge in [0.15, 0.2) is 5.13 Å². The van der Waals surface area contributed by atoms with Crippen LogP contribution in [0.4, 0.5) is 15.6 Å². The van der Waals surface area contributed by atoms with Gasteiger partial charge in [-0.1, -0.05) is 23.5 Å². The molecule has 0 fully saturated rings. The summed E-state index contributed by atoms with van der Waals surface area (Å²) in [6, 6.07) is 6.89. The van der Waals surface area contributed by atoms with E-state index in [1.165, 1.54) is 11.8 Å². The van der Waals surface area contributed by atoms with Crippen molar-refractivity contribution < 1.29 is 24.3 Å². The van der Waals surface area contributed by atoms with Crippen LogP contribution < -0.4 is 16.0 Å². The van der Waals surface area contributed by atoms with Crippen LogP contribution in [-0.2, 0) is 22.4 Å². The monoisotopic (exact) mass is 447 g/mol. The van der Waals surface area contributed by atoms with E-state index in [1.807, 2.05) is 0 Å². The van der Waals surface area contributed by atoms with Crippen LogP contribution in [0.5, 0.6) is 0 Å². The number of nitrogens with one attached hydrogen (secondary N) is 3. The van der Waals surface area contributed by atoms with E-state index in [0.717, 1.165) is 16.9 Å². The molecule has 1 heterocycles. The molecule has 31 heavy (non-hydrogen) atoms. The zero-order chi connectivity index (χ0) is 23.0. The van der Waals surface area contributed by atoms with E-state index in [9.17, 15) is 19.2 Å². The Bertz CT molecular complexity index is 955. The molecule has 2 rings (SSSR count). The predicted molar refractivity (Wildman–Crippen MR) is 118 cm³/mol. The van der Waals surface area contributed by atoms with Crippen molar-refractivity contribution in [1.82, 2.24) is 15.2 Å². The summed E-state index contributed by atoms with van der Waals surface area (Å²) < 4.78 is 0. The van der Waals surface area contributed by atoms with Crippen molar-refractivity contribution in [3.63, 3.8) is 0 Å². The maximum atomic E-state index is 12.6. The normalized spacial score (nSPS) is 10.3. The Morgan fingerprint density at radius 1 is 1.06 bits per heavy atom. The number of carbonyl (C=O) groups excluding carboxylic acids is 3. The predicted octanol–water partition coefficient (Wildman–Crippen LogP) is 2.18. The van der Waals surface area contributed by atoms with E-state index in [1.54, 1.807) is 38.4 Å². The molecule has 1 aromatic carbocycles. The van der Waals surface area contributed by atoms with Crippen LogP contribution in [0.3, 0.4) is 0 Å². The summed E-state index contributed by atoms with van der Waals surface area (Å²) in [6.07, 6.45) is 0.0583. The fraction of sp³-hybridized carbons (Fsp3) is 0.350. The minimum Gasteiger partial charge on any atom is -0.465 e. The lowest BCUT2D eigenvalue weighted by Crippen LogP contribution is -2.30. The second-order valence-electron chi connectivity index (χ2n) is 6.90. The number of aryl methyl sites for hydroxylation is 2. The lowest BCUT2D eigenvalue weighted by molar-refractivity contribution is -0.128. The van der Waals surface area contributed by atoms with Gasteiger partial charge in [0.1, 0.15) is 4.88 Å². The van der Waals surface area contributed by atoms with Gasteiger partial charge in [-0.05, 0) is 30.5 Å². The first-order valence-corrected chi connectivity index (χ1v) is 10.3. The molecule has 0 aliphatic heterocycles. The van der Waals surface area contributed by atoms with Crippen LogP contribution in [0.15, 0.2) is 24.3 Å². The topological polar surface area (TPSA) is 141 Å². The number of aromatic nitrogens is 1. The summed E-state index contributed by atoms with van der Waals surface area (Å²) in [5, 5.41) is 16.7. The Hall–Kier alpha value is -3.47. The average molecular weight is 448 g/mol. The van der Waals surface area contributed by atoms with Crippen LogP contribution in [-0.4, -0.2) is 59.4 Å². The highest BCUT2D eigenvalue weighted by Gasteiger charge is 2.19. The van der Waals surface area contributed by atoms with E-state index in [4.69, 9.17) is 5.11 Å². The number of thiazole rings is 1. The maximum absolute atomic E-state index is 12.6. The van der Waals surface area contributed by atoms with Gasteiger partial charge < -0.3 is 20.6 Å². The number of carboxylic acid groups (broad SMARTS) is 1. The van der Waals surface area contributed by atoms with Crippen LogP contribution in [0.25, 0.3) is 0 Å². The number of amides is 4. The SMILES string of the molecule is CC(=O)Nc1nc(CCc2ccc(NC(=O)O)cc2)c(C(=O)NCCC(=O)N(C)C)s1. The van der Waals surface area contributed by atoms with Gasteiger partial charge in [-0.3, -0.25) is 19.7 Å². The second-order valence-corrected chi connectivity index (χ2v) is 7.90. The quantitative estimate of drug-likeness (QED) is 0.464. The van der Waals surface area contributed by atoms with E-state index < -0.39 is 6.09 Å². The molecule has 11 heteroatoms. The number of anilines is 2. The molecule has 0 saturated heterocycles. The molecule has 10 nitrogen and oxygen atoms in total. The van der Waals surface area contributed by atoms with Crippen molar-refractivity contribution >= 4 is 46.0 Å². The van der Waals surface area contributed by atoms with Gasteiger partial charge in [-0.15, -0.1) is 0 Å². The number of rotatable bonds is 9. The van der Waals surface area contributed by atoms with Gasteiger partial charge >= 0.3 is 6.09 Å². The third-order valence-corrected chi connectivity index (χ3v) is 5.18. The lowest BCUT2D eigenvalue weighted by atomic mass is 10.1. The number of carbonyl (C=O) groups is 4. The minimum absolute atomic E-state index is 0.0930. The Morgan fingerprint density at radius 2 is 1.74 bits per heavy atom. The van der Waals surface area contributed by atoms with Gasteiger partial charge in [-0.25, -0.2) is 9.78 Å². The van der Waals surface area contributed by atoms with E-state index >= 15 is 0 Å². The zero-order valence-electron chi connectivity index (χ0n) is 17.5. The molecule has 4 amide bonds. The Morgan fingerprint density at radius 3 is 2.32 bits per heavy atom. The van der Waals surface area contributed by atoms with Crippen LogP contribution >= 0.6 is 11.3 Å². The first-order valence-electron chi connectivity index (χ1n) is 9.50. The number of hydrogen-bond acceptors (Lipinski definition) is 6. The number of nitrogens with zero attached hydrogens (tertiary/aromatic N) is 2. The van der Waals surface area contributed by atoms with Gasteiger partial charge in [0.05, 0.1) is 5.69 Å². The first-order chi connectivity index (χ1) is 14.7. The van der Waals surface area contributed by atoms with Crippen LogP contribution in [0.1, 0.15) is 34.3 Å². The highest BCUT2D eigenvalue weighted by Crippen LogP contribution is 2.25. The molecule has 0 atom stereocenters. The summed E-state index contributed by atoms with van der Waals surface area (Å²) in [4.78, 5) is 52.6. The summed E-state index contributed by atoms with van der Waals surface area (Å²) in [7, 11) is 3.30. The van der Waals surface area contributed by atoms with Crippen molar-refractivity contribution in [3.05, 3.63) is 40.4 Å². The van der Waals surface area contributed by atoms with Crippen molar-refractivity contribution in [2.75, 3.05) is 31.3 Å². The lowest BCUT2D eigenvalue weighted by Gasteiger charge is -2.10. The third-order valence-electron chi connectivity index (χ3n) is 4.17. The molecule has 0 bridgehead atoms. The number of benzene rings is 1. The molecule has 2 aromatic rings. The summed E-state index contributed by atoms with van der Waals surface area (Å²) in [5.41, 5.74) is 1.94. The number of hydrogen-bond donors (Lipinski definition) is 4. The van der Waals surface area contributed by atoms with Crippen molar-refractivity contribution in [2.24, 2.45) is 0 Å².